The topological polar surface area (TPSA) is 12.0 Å². The van der Waals surface area contributed by atoms with Gasteiger partial charge in [0.25, 0.3) is 0 Å². The Balaban J connectivity index is 1.71. The smallest absolute Gasteiger partial charge is 0.123 e. The number of benzene rings is 1. The van der Waals surface area contributed by atoms with Crippen molar-refractivity contribution in [2.45, 2.75) is 45.6 Å². The third kappa shape index (κ3) is 3.81. The summed E-state index contributed by atoms with van der Waals surface area (Å²) in [5.74, 6) is -0.153. The molecule has 1 aromatic carbocycles. The average Bonchev–Trinajstić information content (AvgIpc) is 2.61. The van der Waals surface area contributed by atoms with E-state index in [1.165, 1.54) is 37.0 Å². The Labute approximate surface area is 103 Å². The summed E-state index contributed by atoms with van der Waals surface area (Å²) in [5.41, 5.74) is 1.71. The summed E-state index contributed by atoms with van der Waals surface area (Å²) in [4.78, 5) is 0. The van der Waals surface area contributed by atoms with E-state index in [0.717, 1.165) is 13.0 Å². The second kappa shape index (κ2) is 5.18. The van der Waals surface area contributed by atoms with Crippen molar-refractivity contribution in [1.82, 2.24) is 5.32 Å². The van der Waals surface area contributed by atoms with E-state index in [4.69, 9.17) is 0 Å². The molecule has 1 aromatic rings. The summed E-state index contributed by atoms with van der Waals surface area (Å²) in [5, 5.41) is 3.61. The first-order chi connectivity index (χ1) is 8.05. The predicted molar refractivity (Wildman–Crippen MR) is 69.5 cm³/mol. The third-order valence-corrected chi connectivity index (χ3v) is 3.73. The minimum Gasteiger partial charge on any atom is -0.314 e. The van der Waals surface area contributed by atoms with Gasteiger partial charge in [0.2, 0.25) is 0 Å². The van der Waals surface area contributed by atoms with Crippen LogP contribution in [0.3, 0.4) is 0 Å². The quantitative estimate of drug-likeness (QED) is 0.841. The third-order valence-electron chi connectivity index (χ3n) is 3.73. The molecule has 2 rings (SSSR count). The van der Waals surface area contributed by atoms with Crippen LogP contribution >= 0.6 is 0 Å². The van der Waals surface area contributed by atoms with Crippen LogP contribution in [0, 0.1) is 11.2 Å². The van der Waals surface area contributed by atoms with Crippen LogP contribution in [0.1, 0.15) is 38.7 Å². The lowest BCUT2D eigenvalue weighted by Crippen LogP contribution is -2.29. The van der Waals surface area contributed by atoms with Gasteiger partial charge in [-0.1, -0.05) is 26.0 Å². The van der Waals surface area contributed by atoms with Gasteiger partial charge >= 0.3 is 0 Å². The van der Waals surface area contributed by atoms with E-state index in [0.29, 0.717) is 11.5 Å². The van der Waals surface area contributed by atoms with Crippen molar-refractivity contribution in [2.75, 3.05) is 6.54 Å². The summed E-state index contributed by atoms with van der Waals surface area (Å²) in [6, 6.07) is 7.48. The fourth-order valence-corrected chi connectivity index (χ4v) is 2.68. The molecule has 17 heavy (non-hydrogen) atoms. The molecule has 2 heteroatoms. The monoisotopic (exact) mass is 235 g/mol. The number of hydrogen-bond donors (Lipinski definition) is 1. The minimum absolute atomic E-state index is 0.153. The van der Waals surface area contributed by atoms with Gasteiger partial charge in [-0.15, -0.1) is 0 Å². The van der Waals surface area contributed by atoms with Gasteiger partial charge in [-0.25, -0.2) is 4.39 Å². The van der Waals surface area contributed by atoms with Crippen molar-refractivity contribution >= 4 is 0 Å². The van der Waals surface area contributed by atoms with E-state index < -0.39 is 0 Å². The van der Waals surface area contributed by atoms with Crippen LogP contribution in [-0.4, -0.2) is 12.6 Å². The highest BCUT2D eigenvalue weighted by molar-refractivity contribution is 5.16. The molecule has 1 nitrogen and oxygen atoms in total. The summed E-state index contributed by atoms with van der Waals surface area (Å²) < 4.78 is 12.7. The van der Waals surface area contributed by atoms with Gasteiger partial charge in [0.05, 0.1) is 0 Å². The highest BCUT2D eigenvalue weighted by atomic mass is 19.1. The predicted octanol–water partition coefficient (Wildman–Crippen LogP) is 3.54. The van der Waals surface area contributed by atoms with E-state index in [1.807, 2.05) is 12.1 Å². The van der Waals surface area contributed by atoms with Crippen molar-refractivity contribution in [1.29, 1.82) is 0 Å². The van der Waals surface area contributed by atoms with E-state index >= 15 is 0 Å². The molecular weight excluding hydrogens is 213 g/mol. The maximum Gasteiger partial charge on any atom is 0.123 e. The van der Waals surface area contributed by atoms with Gasteiger partial charge in [0, 0.05) is 6.04 Å². The van der Waals surface area contributed by atoms with Crippen LogP contribution < -0.4 is 5.32 Å². The average molecular weight is 235 g/mol. The van der Waals surface area contributed by atoms with Crippen molar-refractivity contribution in [2.24, 2.45) is 5.41 Å². The van der Waals surface area contributed by atoms with E-state index in [1.54, 1.807) is 0 Å². The molecule has 0 aliphatic heterocycles. The SMILES string of the molecule is CC1(C)CCC(NCCc2ccc(F)cc2)C1. The molecule has 0 bridgehead atoms. The largest absolute Gasteiger partial charge is 0.314 e. The number of hydrogen-bond acceptors (Lipinski definition) is 1. The molecule has 1 fully saturated rings. The van der Waals surface area contributed by atoms with Gasteiger partial charge in [-0.3, -0.25) is 0 Å². The molecule has 0 heterocycles. The number of rotatable bonds is 4. The highest BCUT2D eigenvalue weighted by Gasteiger charge is 2.30. The fourth-order valence-electron chi connectivity index (χ4n) is 2.68. The molecule has 94 valence electrons. The lowest BCUT2D eigenvalue weighted by Gasteiger charge is -2.17. The maximum atomic E-state index is 12.7. The molecule has 0 spiro atoms. The lowest BCUT2D eigenvalue weighted by molar-refractivity contribution is 0.365. The van der Waals surface area contributed by atoms with Crippen molar-refractivity contribution in [3.8, 4) is 0 Å². The van der Waals surface area contributed by atoms with Crippen LogP contribution in [0.15, 0.2) is 24.3 Å². The summed E-state index contributed by atoms with van der Waals surface area (Å²) in [6.07, 6.45) is 4.87. The molecule has 1 N–H and O–H groups in total. The molecule has 0 saturated heterocycles. The number of halogens is 1. The Bertz CT molecular complexity index is 356. The maximum absolute atomic E-state index is 12.7. The Hall–Kier alpha value is -0.890. The zero-order chi connectivity index (χ0) is 12.3. The summed E-state index contributed by atoms with van der Waals surface area (Å²) in [6.45, 7) is 5.68. The normalized spacial score (nSPS) is 22.9. The molecular formula is C15H22FN. The molecule has 1 unspecified atom stereocenters. The molecule has 0 aromatic heterocycles. The van der Waals surface area contributed by atoms with Gasteiger partial charge in [0.1, 0.15) is 5.82 Å². The molecule has 1 atom stereocenters. The van der Waals surface area contributed by atoms with Crippen molar-refractivity contribution in [3.63, 3.8) is 0 Å². The lowest BCUT2D eigenvalue weighted by atomic mass is 9.92. The van der Waals surface area contributed by atoms with Crippen LogP contribution in [0.25, 0.3) is 0 Å². The van der Waals surface area contributed by atoms with Gasteiger partial charge < -0.3 is 5.32 Å². The summed E-state index contributed by atoms with van der Waals surface area (Å²) in [7, 11) is 0. The molecule has 0 radical (unpaired) electrons. The summed E-state index contributed by atoms with van der Waals surface area (Å²) >= 11 is 0. The molecule has 1 saturated carbocycles. The minimum atomic E-state index is -0.153. The molecule has 0 amide bonds. The van der Waals surface area contributed by atoms with Crippen LogP contribution in [0.4, 0.5) is 4.39 Å². The van der Waals surface area contributed by atoms with Crippen molar-refractivity contribution < 1.29 is 4.39 Å². The fraction of sp³-hybridized carbons (Fsp3) is 0.600. The molecule has 1 aliphatic rings. The van der Waals surface area contributed by atoms with Crippen LogP contribution in [0.2, 0.25) is 0 Å². The Morgan fingerprint density at radius 1 is 1.29 bits per heavy atom. The Morgan fingerprint density at radius 3 is 2.59 bits per heavy atom. The van der Waals surface area contributed by atoms with E-state index in [-0.39, 0.29) is 5.82 Å². The van der Waals surface area contributed by atoms with Gasteiger partial charge in [-0.05, 0) is 55.3 Å². The Kier molecular flexibility index (Phi) is 3.82. The Morgan fingerprint density at radius 2 is 2.00 bits per heavy atom. The zero-order valence-corrected chi connectivity index (χ0v) is 10.8. The second-order valence-electron chi connectivity index (χ2n) is 5.93. The van der Waals surface area contributed by atoms with Crippen LogP contribution in [0.5, 0.6) is 0 Å². The standard InChI is InChI=1S/C15H22FN/c1-15(2)9-7-14(11-15)17-10-8-12-3-5-13(16)6-4-12/h3-6,14,17H,7-11H2,1-2H3. The van der Waals surface area contributed by atoms with E-state index in [9.17, 15) is 4.39 Å². The van der Waals surface area contributed by atoms with E-state index in [2.05, 4.69) is 19.2 Å². The zero-order valence-electron chi connectivity index (χ0n) is 10.8. The molecule has 1 aliphatic carbocycles. The first-order valence-electron chi connectivity index (χ1n) is 6.53. The second-order valence-corrected chi connectivity index (χ2v) is 5.93. The van der Waals surface area contributed by atoms with Gasteiger partial charge in [-0.2, -0.15) is 0 Å². The first-order valence-corrected chi connectivity index (χ1v) is 6.53. The highest BCUT2D eigenvalue weighted by Crippen LogP contribution is 2.36. The van der Waals surface area contributed by atoms with Crippen LogP contribution in [-0.2, 0) is 6.42 Å². The van der Waals surface area contributed by atoms with Gasteiger partial charge in [0.15, 0.2) is 0 Å². The number of nitrogens with one attached hydrogen (secondary N) is 1. The van der Waals surface area contributed by atoms with Crippen molar-refractivity contribution in [3.05, 3.63) is 35.6 Å². The first kappa shape index (κ1) is 12.6.